The first-order chi connectivity index (χ1) is 15.0. The first kappa shape index (κ1) is 19.5. The highest BCUT2D eigenvalue weighted by Crippen LogP contribution is 2.45. The molecule has 7 heteroatoms. The largest absolute Gasteiger partial charge is 0.507 e. The maximum Gasteiger partial charge on any atom is 0.274 e. The smallest absolute Gasteiger partial charge is 0.274 e. The van der Waals surface area contributed by atoms with Crippen molar-refractivity contribution < 1.29 is 14.7 Å². The first-order valence-corrected chi connectivity index (χ1v) is 10.5. The minimum atomic E-state index is -0.207. The van der Waals surface area contributed by atoms with E-state index in [1.165, 1.54) is 0 Å². The molecule has 2 amide bonds. The molecular formula is C24H20ClN3O3. The van der Waals surface area contributed by atoms with Gasteiger partial charge in [0, 0.05) is 53.3 Å². The number of amides is 2. The van der Waals surface area contributed by atoms with Crippen LogP contribution in [-0.2, 0) is 0 Å². The van der Waals surface area contributed by atoms with Gasteiger partial charge < -0.3 is 20.3 Å². The fourth-order valence-electron chi connectivity index (χ4n) is 4.42. The van der Waals surface area contributed by atoms with Crippen LogP contribution in [0.5, 0.6) is 5.75 Å². The summed E-state index contributed by atoms with van der Waals surface area (Å²) in [7, 11) is 1.58. The number of hydrogen-bond acceptors (Lipinski definition) is 3. The van der Waals surface area contributed by atoms with Gasteiger partial charge in [-0.15, -0.1) is 11.6 Å². The summed E-state index contributed by atoms with van der Waals surface area (Å²) in [5.41, 5.74) is 3.37. The highest BCUT2D eigenvalue weighted by Gasteiger charge is 2.35. The Labute approximate surface area is 183 Å². The average Bonchev–Trinajstić information content (AvgIpc) is 3.39. The van der Waals surface area contributed by atoms with Gasteiger partial charge in [0.2, 0.25) is 0 Å². The molecule has 0 spiro atoms. The second-order valence-corrected chi connectivity index (χ2v) is 8.01. The number of hydrogen-bond donors (Lipinski definition) is 3. The fourth-order valence-corrected chi connectivity index (χ4v) is 4.68. The molecule has 4 aromatic rings. The average molecular weight is 434 g/mol. The number of benzene rings is 3. The zero-order valence-corrected chi connectivity index (χ0v) is 17.5. The quantitative estimate of drug-likeness (QED) is 0.419. The van der Waals surface area contributed by atoms with E-state index in [0.717, 1.165) is 27.2 Å². The number of aromatic hydroxyl groups is 1. The van der Waals surface area contributed by atoms with Crippen molar-refractivity contribution in [3.63, 3.8) is 0 Å². The molecule has 0 saturated heterocycles. The third kappa shape index (κ3) is 3.02. The van der Waals surface area contributed by atoms with Gasteiger partial charge >= 0.3 is 0 Å². The molecule has 2 heterocycles. The van der Waals surface area contributed by atoms with E-state index in [1.54, 1.807) is 42.3 Å². The molecule has 1 aliphatic heterocycles. The Kier molecular flexibility index (Phi) is 4.59. The summed E-state index contributed by atoms with van der Waals surface area (Å²) in [5, 5.41) is 15.6. The lowest BCUT2D eigenvalue weighted by Crippen LogP contribution is -2.30. The van der Waals surface area contributed by atoms with E-state index < -0.39 is 0 Å². The molecule has 1 aliphatic rings. The van der Waals surface area contributed by atoms with Gasteiger partial charge in [0.05, 0.1) is 5.69 Å². The van der Waals surface area contributed by atoms with Crippen LogP contribution < -0.4 is 10.2 Å². The minimum Gasteiger partial charge on any atom is -0.507 e. The van der Waals surface area contributed by atoms with E-state index in [0.29, 0.717) is 29.4 Å². The number of carbonyl (C=O) groups excluding carboxylic acids is 2. The molecule has 156 valence electrons. The molecule has 0 aliphatic carbocycles. The summed E-state index contributed by atoms with van der Waals surface area (Å²) >= 11 is 6.27. The molecule has 1 aromatic heterocycles. The van der Waals surface area contributed by atoms with Gasteiger partial charge in [-0.3, -0.25) is 9.59 Å². The van der Waals surface area contributed by atoms with Crippen molar-refractivity contribution in [2.45, 2.75) is 5.92 Å². The van der Waals surface area contributed by atoms with E-state index in [9.17, 15) is 14.7 Å². The standard InChI is InChI=1S/C24H20ClN3O3/c1-26-23(30)13-6-7-18-14(8-13)9-19(27-18)24(31)28-12-15(11-25)22-17-5-3-2-4-16(17)21(29)10-20(22)28/h2-10,15,27,29H,11-12H2,1H3,(H,26,30). The number of phenolic OH excluding ortho intramolecular Hbond substituents is 1. The number of fused-ring (bicyclic) bond motifs is 4. The molecule has 3 N–H and O–H groups in total. The van der Waals surface area contributed by atoms with Crippen molar-refractivity contribution >= 4 is 50.8 Å². The predicted molar refractivity (Wildman–Crippen MR) is 122 cm³/mol. The lowest BCUT2D eigenvalue weighted by atomic mass is 9.95. The second-order valence-electron chi connectivity index (χ2n) is 7.71. The summed E-state index contributed by atoms with van der Waals surface area (Å²) in [5.74, 6) is 0.0795. The maximum absolute atomic E-state index is 13.5. The first-order valence-electron chi connectivity index (χ1n) is 9.99. The van der Waals surface area contributed by atoms with Gasteiger partial charge in [-0.2, -0.15) is 0 Å². The number of halogens is 1. The highest BCUT2D eigenvalue weighted by molar-refractivity contribution is 6.19. The molecule has 0 fully saturated rings. The number of H-pyrrole nitrogens is 1. The van der Waals surface area contributed by atoms with E-state index in [1.807, 2.05) is 24.3 Å². The number of anilines is 1. The van der Waals surface area contributed by atoms with Crippen LogP contribution in [0.2, 0.25) is 0 Å². The van der Waals surface area contributed by atoms with Crippen LogP contribution in [0.3, 0.4) is 0 Å². The molecule has 0 saturated carbocycles. The number of alkyl halides is 1. The normalized spacial score (nSPS) is 15.4. The molecule has 6 nitrogen and oxygen atoms in total. The number of nitrogens with one attached hydrogen (secondary N) is 2. The summed E-state index contributed by atoms with van der Waals surface area (Å²) in [4.78, 5) is 30.2. The van der Waals surface area contributed by atoms with Crippen molar-refractivity contribution in [2.24, 2.45) is 0 Å². The number of carbonyl (C=O) groups is 2. The van der Waals surface area contributed by atoms with Gasteiger partial charge in [-0.05, 0) is 35.2 Å². The molecule has 0 radical (unpaired) electrons. The number of phenols is 1. The van der Waals surface area contributed by atoms with E-state index in [-0.39, 0.29) is 23.5 Å². The lowest BCUT2D eigenvalue weighted by molar-refractivity contribution is 0.0960. The predicted octanol–water partition coefficient (Wildman–Crippen LogP) is 4.37. The van der Waals surface area contributed by atoms with E-state index >= 15 is 0 Å². The van der Waals surface area contributed by atoms with Crippen molar-refractivity contribution in [1.82, 2.24) is 10.3 Å². The monoisotopic (exact) mass is 433 g/mol. The van der Waals surface area contributed by atoms with E-state index in [4.69, 9.17) is 11.6 Å². The summed E-state index contributed by atoms with van der Waals surface area (Å²) < 4.78 is 0. The molecular weight excluding hydrogens is 414 g/mol. The van der Waals surface area contributed by atoms with E-state index in [2.05, 4.69) is 10.3 Å². The lowest BCUT2D eigenvalue weighted by Gasteiger charge is -2.17. The second kappa shape index (κ2) is 7.32. The van der Waals surface area contributed by atoms with Crippen molar-refractivity contribution in [3.05, 3.63) is 71.4 Å². The van der Waals surface area contributed by atoms with Crippen LogP contribution in [0, 0.1) is 0 Å². The van der Waals surface area contributed by atoms with Crippen LogP contribution in [0.4, 0.5) is 5.69 Å². The molecule has 31 heavy (non-hydrogen) atoms. The number of aromatic nitrogens is 1. The minimum absolute atomic E-state index is 0.0321. The Bertz CT molecular complexity index is 1360. The van der Waals surface area contributed by atoms with Gasteiger partial charge in [0.15, 0.2) is 0 Å². The van der Waals surface area contributed by atoms with Crippen molar-refractivity contribution in [1.29, 1.82) is 0 Å². The van der Waals surface area contributed by atoms with Crippen LogP contribution in [-0.4, -0.2) is 41.4 Å². The fraction of sp³-hybridized carbons (Fsp3) is 0.167. The SMILES string of the molecule is CNC(=O)c1ccc2[nH]c(C(=O)N3CC(CCl)c4c3cc(O)c3ccccc43)cc2c1. The van der Waals surface area contributed by atoms with Gasteiger partial charge in [0.25, 0.3) is 11.8 Å². The van der Waals surface area contributed by atoms with Gasteiger partial charge in [0.1, 0.15) is 11.4 Å². The molecule has 5 rings (SSSR count). The number of rotatable bonds is 3. The molecule has 3 aromatic carbocycles. The Morgan fingerprint density at radius 1 is 1.16 bits per heavy atom. The van der Waals surface area contributed by atoms with Crippen LogP contribution in [0.15, 0.2) is 54.6 Å². The zero-order chi connectivity index (χ0) is 21.7. The number of aromatic amines is 1. The zero-order valence-electron chi connectivity index (χ0n) is 16.8. The Morgan fingerprint density at radius 2 is 1.94 bits per heavy atom. The summed E-state index contributed by atoms with van der Waals surface area (Å²) in [6, 6.07) is 16.2. The third-order valence-electron chi connectivity index (χ3n) is 5.92. The number of nitrogens with zero attached hydrogens (tertiary/aromatic N) is 1. The molecule has 1 unspecified atom stereocenters. The van der Waals surface area contributed by atoms with Crippen LogP contribution in [0.25, 0.3) is 21.7 Å². The van der Waals surface area contributed by atoms with Crippen molar-refractivity contribution in [2.75, 3.05) is 24.4 Å². The van der Waals surface area contributed by atoms with Crippen LogP contribution in [0.1, 0.15) is 32.3 Å². The Hall–Kier alpha value is -3.51. The maximum atomic E-state index is 13.5. The van der Waals surface area contributed by atoms with Crippen LogP contribution >= 0.6 is 11.6 Å². The topological polar surface area (TPSA) is 85.4 Å². The Balaban J connectivity index is 1.59. The summed E-state index contributed by atoms with van der Waals surface area (Å²) in [6.45, 7) is 0.434. The van der Waals surface area contributed by atoms with Crippen molar-refractivity contribution in [3.8, 4) is 5.75 Å². The Morgan fingerprint density at radius 3 is 2.68 bits per heavy atom. The third-order valence-corrected chi connectivity index (χ3v) is 6.29. The summed E-state index contributed by atoms with van der Waals surface area (Å²) in [6.07, 6.45) is 0. The molecule has 0 bridgehead atoms. The highest BCUT2D eigenvalue weighted by atomic mass is 35.5. The molecule has 1 atom stereocenters. The van der Waals surface area contributed by atoms with Gasteiger partial charge in [-0.25, -0.2) is 0 Å². The van der Waals surface area contributed by atoms with Gasteiger partial charge in [-0.1, -0.05) is 24.3 Å².